The number of nitrogens with zero attached hydrogens (tertiary/aromatic N) is 2. The Morgan fingerprint density at radius 1 is 1.19 bits per heavy atom. The van der Waals surface area contributed by atoms with Crippen molar-refractivity contribution in [3.63, 3.8) is 0 Å². The zero-order valence-corrected chi connectivity index (χ0v) is 17.3. The van der Waals surface area contributed by atoms with Crippen LogP contribution in [0.15, 0.2) is 48.5 Å². The molecule has 1 atom stereocenters. The molecule has 3 amide bonds. The highest BCUT2D eigenvalue weighted by Gasteiger charge is 2.30. The Kier molecular flexibility index (Phi) is 5.79. The molecule has 140 valence electrons. The molecule has 1 heterocycles. The third-order valence-corrected chi connectivity index (χ3v) is 5.16. The van der Waals surface area contributed by atoms with E-state index >= 15 is 0 Å². The number of carbonyl (C=O) groups is 3. The monoisotopic (exact) mass is 477 g/mol. The van der Waals surface area contributed by atoms with Crippen LogP contribution in [0.4, 0.5) is 11.4 Å². The standard InChI is InChI=1S/C20H20IN3O3/c1-13-11-18(25)22-16-5-3-4-6-17(16)24(13)19(26)12-23(2)20(27)14-7-9-15(21)10-8-14/h3-10,13H,11-12H2,1-2H3,(H,22,25). The van der Waals surface area contributed by atoms with E-state index in [1.807, 2.05) is 31.2 Å². The number of carbonyl (C=O) groups excluding carboxylic acids is 3. The third-order valence-electron chi connectivity index (χ3n) is 4.44. The van der Waals surface area contributed by atoms with Crippen molar-refractivity contribution in [2.75, 3.05) is 23.8 Å². The highest BCUT2D eigenvalue weighted by Crippen LogP contribution is 2.31. The molecule has 6 nitrogen and oxygen atoms in total. The van der Waals surface area contributed by atoms with Crippen molar-refractivity contribution in [2.24, 2.45) is 0 Å². The lowest BCUT2D eigenvalue weighted by molar-refractivity contribution is -0.119. The van der Waals surface area contributed by atoms with Crippen molar-refractivity contribution in [3.05, 3.63) is 57.7 Å². The highest BCUT2D eigenvalue weighted by atomic mass is 127. The number of nitrogens with one attached hydrogen (secondary N) is 1. The fourth-order valence-corrected chi connectivity index (χ4v) is 3.49. The van der Waals surface area contributed by atoms with Gasteiger partial charge in [0, 0.05) is 28.6 Å². The van der Waals surface area contributed by atoms with E-state index in [0.717, 1.165) is 3.57 Å². The Bertz CT molecular complexity index is 882. The first-order valence-corrected chi connectivity index (χ1v) is 9.66. The Labute approximate surface area is 171 Å². The molecule has 1 unspecified atom stereocenters. The molecule has 0 radical (unpaired) electrons. The molecule has 2 aromatic rings. The van der Waals surface area contributed by atoms with Gasteiger partial charge in [-0.1, -0.05) is 12.1 Å². The summed E-state index contributed by atoms with van der Waals surface area (Å²) in [7, 11) is 1.61. The van der Waals surface area contributed by atoms with Gasteiger partial charge in [-0.3, -0.25) is 14.4 Å². The molecule has 0 spiro atoms. The molecule has 0 bridgehead atoms. The molecule has 0 aromatic heterocycles. The van der Waals surface area contributed by atoms with Gasteiger partial charge in [-0.15, -0.1) is 0 Å². The average Bonchev–Trinajstić information content (AvgIpc) is 2.75. The maximum atomic E-state index is 13.0. The van der Waals surface area contributed by atoms with Crippen LogP contribution in [0.1, 0.15) is 23.7 Å². The number of rotatable bonds is 3. The van der Waals surface area contributed by atoms with Crippen LogP contribution < -0.4 is 10.2 Å². The molecule has 0 fully saturated rings. The first-order chi connectivity index (χ1) is 12.9. The van der Waals surface area contributed by atoms with Gasteiger partial charge in [-0.2, -0.15) is 0 Å². The molecule has 2 aromatic carbocycles. The van der Waals surface area contributed by atoms with Gasteiger partial charge in [-0.25, -0.2) is 0 Å². The molecular formula is C20H20IN3O3. The van der Waals surface area contributed by atoms with Crippen LogP contribution in [0.2, 0.25) is 0 Å². The molecule has 27 heavy (non-hydrogen) atoms. The smallest absolute Gasteiger partial charge is 0.254 e. The zero-order chi connectivity index (χ0) is 19.6. The van der Waals surface area contributed by atoms with Gasteiger partial charge in [0.1, 0.15) is 6.54 Å². The number of benzene rings is 2. The van der Waals surface area contributed by atoms with Crippen molar-refractivity contribution in [3.8, 4) is 0 Å². The normalized spacial score (nSPS) is 16.2. The average molecular weight is 477 g/mol. The molecular weight excluding hydrogens is 457 g/mol. The number of amides is 3. The summed E-state index contributed by atoms with van der Waals surface area (Å²) in [5, 5.41) is 2.83. The second-order valence-corrected chi connectivity index (χ2v) is 7.80. The van der Waals surface area contributed by atoms with E-state index in [-0.39, 0.29) is 36.7 Å². The maximum absolute atomic E-state index is 13.0. The van der Waals surface area contributed by atoms with Gasteiger partial charge in [0.05, 0.1) is 11.4 Å². The Morgan fingerprint density at radius 2 is 1.85 bits per heavy atom. The summed E-state index contributed by atoms with van der Waals surface area (Å²) in [5.41, 5.74) is 1.79. The van der Waals surface area contributed by atoms with E-state index in [1.54, 1.807) is 36.2 Å². The molecule has 0 saturated heterocycles. The Morgan fingerprint density at radius 3 is 2.56 bits per heavy atom. The topological polar surface area (TPSA) is 69.7 Å². The van der Waals surface area contributed by atoms with Gasteiger partial charge in [0.25, 0.3) is 5.91 Å². The van der Waals surface area contributed by atoms with Crippen molar-refractivity contribution in [1.82, 2.24) is 4.90 Å². The number of hydrogen-bond acceptors (Lipinski definition) is 3. The van der Waals surface area contributed by atoms with Crippen molar-refractivity contribution in [2.45, 2.75) is 19.4 Å². The van der Waals surface area contributed by atoms with E-state index in [4.69, 9.17) is 0 Å². The number of fused-ring (bicyclic) bond motifs is 1. The summed E-state index contributed by atoms with van der Waals surface area (Å²) < 4.78 is 1.04. The van der Waals surface area contributed by atoms with Crippen LogP contribution in [0, 0.1) is 3.57 Å². The van der Waals surface area contributed by atoms with Crippen molar-refractivity contribution < 1.29 is 14.4 Å². The van der Waals surface area contributed by atoms with Crippen LogP contribution in [0.5, 0.6) is 0 Å². The molecule has 1 aliphatic heterocycles. The molecule has 0 saturated carbocycles. The fraction of sp³-hybridized carbons (Fsp3) is 0.250. The number of hydrogen-bond donors (Lipinski definition) is 1. The first kappa shape index (κ1) is 19.3. The number of anilines is 2. The van der Waals surface area contributed by atoms with Crippen molar-refractivity contribution in [1.29, 1.82) is 0 Å². The van der Waals surface area contributed by atoms with Gasteiger partial charge in [0.15, 0.2) is 0 Å². The summed E-state index contributed by atoms with van der Waals surface area (Å²) in [6.45, 7) is 1.76. The predicted molar refractivity (Wildman–Crippen MR) is 113 cm³/mol. The molecule has 1 aliphatic rings. The third kappa shape index (κ3) is 4.29. The van der Waals surface area contributed by atoms with Crippen molar-refractivity contribution >= 4 is 51.7 Å². The Balaban J connectivity index is 1.81. The van der Waals surface area contributed by atoms with Crippen LogP contribution >= 0.6 is 22.6 Å². The summed E-state index contributed by atoms with van der Waals surface area (Å²) >= 11 is 2.18. The lowest BCUT2D eigenvalue weighted by Crippen LogP contribution is -2.45. The van der Waals surface area contributed by atoms with Gasteiger partial charge in [0.2, 0.25) is 11.8 Å². The summed E-state index contributed by atoms with van der Waals surface area (Å²) in [5.74, 6) is -0.578. The Hall–Kier alpha value is -2.42. The van der Waals surface area contributed by atoms with Crippen LogP contribution in [-0.4, -0.2) is 42.3 Å². The number of halogens is 1. The maximum Gasteiger partial charge on any atom is 0.254 e. The second kappa shape index (κ2) is 8.08. The predicted octanol–water partition coefficient (Wildman–Crippen LogP) is 3.13. The minimum absolute atomic E-state index is 0.0717. The molecule has 3 rings (SSSR count). The number of likely N-dealkylation sites (N-methyl/N-ethyl adjacent to an activating group) is 1. The summed E-state index contributed by atoms with van der Waals surface area (Å²) in [6.07, 6.45) is 0.204. The largest absolute Gasteiger partial charge is 0.332 e. The molecule has 0 aliphatic carbocycles. The van der Waals surface area contributed by atoms with Crippen LogP contribution in [0.3, 0.4) is 0 Å². The van der Waals surface area contributed by atoms with E-state index in [0.29, 0.717) is 16.9 Å². The minimum atomic E-state index is -0.303. The fourth-order valence-electron chi connectivity index (χ4n) is 3.13. The summed E-state index contributed by atoms with van der Waals surface area (Å²) in [6, 6.07) is 14.1. The lowest BCUT2D eigenvalue weighted by Gasteiger charge is -2.29. The number of para-hydroxylation sites is 2. The zero-order valence-electron chi connectivity index (χ0n) is 15.1. The van der Waals surface area contributed by atoms with Crippen LogP contribution in [0.25, 0.3) is 0 Å². The SMILES string of the molecule is CC1CC(=O)Nc2ccccc2N1C(=O)CN(C)C(=O)c1ccc(I)cc1. The quantitative estimate of drug-likeness (QED) is 0.691. The van der Waals surface area contributed by atoms with E-state index in [2.05, 4.69) is 27.9 Å². The first-order valence-electron chi connectivity index (χ1n) is 8.59. The van der Waals surface area contributed by atoms with E-state index in [9.17, 15) is 14.4 Å². The molecule has 1 N–H and O–H groups in total. The van der Waals surface area contributed by atoms with Crippen LogP contribution in [-0.2, 0) is 9.59 Å². The lowest BCUT2D eigenvalue weighted by atomic mass is 10.1. The van der Waals surface area contributed by atoms with Gasteiger partial charge in [-0.05, 0) is 65.9 Å². The minimum Gasteiger partial charge on any atom is -0.332 e. The molecule has 7 heteroatoms. The second-order valence-electron chi connectivity index (χ2n) is 6.55. The summed E-state index contributed by atoms with van der Waals surface area (Å²) in [4.78, 5) is 40.7. The van der Waals surface area contributed by atoms with E-state index in [1.165, 1.54) is 4.90 Å². The highest BCUT2D eigenvalue weighted by molar-refractivity contribution is 14.1. The van der Waals surface area contributed by atoms with Gasteiger partial charge >= 0.3 is 0 Å². The van der Waals surface area contributed by atoms with E-state index < -0.39 is 0 Å². The van der Waals surface area contributed by atoms with Gasteiger partial charge < -0.3 is 15.1 Å².